The smallest absolute Gasteiger partial charge is 0.260 e. The van der Waals surface area contributed by atoms with Crippen molar-refractivity contribution in [3.63, 3.8) is 0 Å². The third-order valence-electron chi connectivity index (χ3n) is 5.99. The number of carbonyl (C=O) groups excluding carboxylic acids is 1. The second-order valence-corrected chi connectivity index (χ2v) is 9.78. The second-order valence-electron chi connectivity index (χ2n) is 8.20. The molecule has 0 radical (unpaired) electrons. The maximum Gasteiger partial charge on any atom is 0.260 e. The van der Waals surface area contributed by atoms with Crippen LogP contribution in [-0.2, 0) is 11.3 Å². The first-order chi connectivity index (χ1) is 16.9. The molecule has 2 N–H and O–H groups in total. The number of benzene rings is 3. The molecule has 3 aromatic carbocycles. The number of nitrogens with one attached hydrogen (secondary N) is 2. The van der Waals surface area contributed by atoms with Gasteiger partial charge in [-0.15, -0.1) is 0 Å². The molecule has 0 saturated carbocycles. The van der Waals surface area contributed by atoms with Gasteiger partial charge in [0.05, 0.1) is 17.7 Å². The van der Waals surface area contributed by atoms with Crippen LogP contribution in [0.1, 0.15) is 16.8 Å². The minimum Gasteiger partial charge on any atom is -0.495 e. The lowest BCUT2D eigenvalue weighted by Gasteiger charge is -2.15. The number of carbonyl (C=O) groups is 1. The fraction of sp³-hybridized carbons (Fsp3) is 0.148. The van der Waals surface area contributed by atoms with E-state index in [2.05, 4.69) is 27.3 Å². The Hall–Kier alpha value is -3.42. The SMILES string of the molecule is COc1ccc(Cl)cc1NC1NC(=O)/C(=C/c2c(C)n(Cc3ccc(F)cc3)c3ccccc23)S1. The number of nitrogens with zero attached hydrogens (tertiary/aromatic N) is 1. The molecule has 4 aromatic rings. The van der Waals surface area contributed by atoms with Crippen LogP contribution in [0.3, 0.4) is 0 Å². The van der Waals surface area contributed by atoms with Gasteiger partial charge in [0.2, 0.25) is 0 Å². The molecule has 5 rings (SSSR count). The van der Waals surface area contributed by atoms with Crippen LogP contribution in [0.5, 0.6) is 5.75 Å². The predicted molar refractivity (Wildman–Crippen MR) is 141 cm³/mol. The summed E-state index contributed by atoms with van der Waals surface area (Å²) in [5.74, 6) is 0.237. The number of halogens is 2. The van der Waals surface area contributed by atoms with Crippen molar-refractivity contribution in [3.8, 4) is 5.75 Å². The van der Waals surface area contributed by atoms with E-state index in [1.165, 1.54) is 23.9 Å². The zero-order valence-electron chi connectivity index (χ0n) is 19.1. The molecule has 0 spiro atoms. The molecule has 1 unspecified atom stereocenters. The van der Waals surface area contributed by atoms with Crippen molar-refractivity contribution < 1.29 is 13.9 Å². The molecule has 1 amide bonds. The summed E-state index contributed by atoms with van der Waals surface area (Å²) in [7, 11) is 1.59. The molecule has 1 saturated heterocycles. The summed E-state index contributed by atoms with van der Waals surface area (Å²) in [6.45, 7) is 2.65. The van der Waals surface area contributed by atoms with E-state index in [0.717, 1.165) is 27.7 Å². The van der Waals surface area contributed by atoms with Gasteiger partial charge in [0.15, 0.2) is 5.50 Å². The fourth-order valence-electron chi connectivity index (χ4n) is 4.25. The topological polar surface area (TPSA) is 55.3 Å². The predicted octanol–water partition coefficient (Wildman–Crippen LogP) is 6.40. The van der Waals surface area contributed by atoms with Crippen LogP contribution in [0.15, 0.2) is 71.6 Å². The summed E-state index contributed by atoms with van der Waals surface area (Å²) in [6, 6.07) is 19.9. The van der Waals surface area contributed by atoms with Crippen LogP contribution in [0.25, 0.3) is 17.0 Å². The van der Waals surface area contributed by atoms with Gasteiger partial charge in [-0.25, -0.2) is 4.39 Å². The summed E-state index contributed by atoms with van der Waals surface area (Å²) in [6.07, 6.45) is 1.94. The van der Waals surface area contributed by atoms with E-state index in [1.807, 2.05) is 25.1 Å². The molecule has 1 aliphatic rings. The lowest BCUT2D eigenvalue weighted by Crippen LogP contribution is -2.31. The number of hydrogen-bond acceptors (Lipinski definition) is 4. The Morgan fingerprint density at radius 1 is 1.17 bits per heavy atom. The molecule has 0 aliphatic carbocycles. The quantitative estimate of drug-likeness (QED) is 0.296. The van der Waals surface area contributed by atoms with E-state index >= 15 is 0 Å². The highest BCUT2D eigenvalue weighted by molar-refractivity contribution is 8.05. The third-order valence-corrected chi connectivity index (χ3v) is 7.25. The molecule has 2 heterocycles. The van der Waals surface area contributed by atoms with Crippen LogP contribution in [0.4, 0.5) is 10.1 Å². The van der Waals surface area contributed by atoms with Crippen molar-refractivity contribution >= 4 is 51.9 Å². The summed E-state index contributed by atoms with van der Waals surface area (Å²) in [4.78, 5) is 13.4. The van der Waals surface area contributed by atoms with Crippen molar-refractivity contribution in [1.29, 1.82) is 0 Å². The highest BCUT2D eigenvalue weighted by Crippen LogP contribution is 2.36. The normalized spacial score (nSPS) is 16.6. The largest absolute Gasteiger partial charge is 0.495 e. The van der Waals surface area contributed by atoms with E-state index in [1.54, 1.807) is 37.4 Å². The van der Waals surface area contributed by atoms with Gasteiger partial charge in [-0.05, 0) is 55.0 Å². The number of amides is 1. The Labute approximate surface area is 211 Å². The number of para-hydroxylation sites is 1. The summed E-state index contributed by atoms with van der Waals surface area (Å²) < 4.78 is 21.0. The number of fused-ring (bicyclic) bond motifs is 1. The Kier molecular flexibility index (Phi) is 6.45. The zero-order chi connectivity index (χ0) is 24.5. The number of rotatable bonds is 6. The molecule has 5 nitrogen and oxygen atoms in total. The van der Waals surface area contributed by atoms with Crippen LogP contribution < -0.4 is 15.4 Å². The first-order valence-corrected chi connectivity index (χ1v) is 12.3. The highest BCUT2D eigenvalue weighted by Gasteiger charge is 2.28. The van der Waals surface area contributed by atoms with Gasteiger partial charge in [0, 0.05) is 33.7 Å². The van der Waals surface area contributed by atoms with Crippen LogP contribution in [0.2, 0.25) is 5.02 Å². The van der Waals surface area contributed by atoms with Crippen molar-refractivity contribution in [3.05, 3.63) is 99.3 Å². The van der Waals surface area contributed by atoms with Crippen LogP contribution in [0, 0.1) is 12.7 Å². The van der Waals surface area contributed by atoms with Crippen molar-refractivity contribution in [1.82, 2.24) is 9.88 Å². The number of aromatic nitrogens is 1. The summed E-state index contributed by atoms with van der Waals surface area (Å²) >= 11 is 7.55. The molecule has 8 heteroatoms. The average molecular weight is 508 g/mol. The fourth-order valence-corrected chi connectivity index (χ4v) is 5.38. The standard InChI is InChI=1S/C27H23ClFN3O2S/c1-16-21(20-5-3-4-6-23(20)32(16)15-17-7-10-19(29)11-8-17)14-25-26(33)31-27(35-25)30-22-13-18(28)9-12-24(22)34-2/h3-14,27,30H,15H2,1-2H3,(H,31,33)/b25-14-. The maximum absolute atomic E-state index is 13.4. The van der Waals surface area contributed by atoms with E-state index in [9.17, 15) is 9.18 Å². The van der Waals surface area contributed by atoms with E-state index in [0.29, 0.717) is 27.9 Å². The molecular weight excluding hydrogens is 485 g/mol. The average Bonchev–Trinajstić information content (AvgIpc) is 3.32. The first kappa shape index (κ1) is 23.3. The van der Waals surface area contributed by atoms with E-state index in [-0.39, 0.29) is 17.2 Å². The van der Waals surface area contributed by atoms with Gasteiger partial charge < -0.3 is 19.9 Å². The maximum atomic E-state index is 13.4. The lowest BCUT2D eigenvalue weighted by molar-refractivity contribution is -0.116. The molecule has 35 heavy (non-hydrogen) atoms. The highest BCUT2D eigenvalue weighted by atomic mass is 35.5. The number of ether oxygens (including phenoxy) is 1. The van der Waals surface area contributed by atoms with E-state index in [4.69, 9.17) is 16.3 Å². The van der Waals surface area contributed by atoms with Gasteiger partial charge in [-0.1, -0.05) is 53.7 Å². The Morgan fingerprint density at radius 3 is 2.71 bits per heavy atom. The van der Waals surface area contributed by atoms with Gasteiger partial charge in [-0.2, -0.15) is 0 Å². The number of thioether (sulfide) groups is 1. The molecule has 1 atom stereocenters. The number of hydrogen-bond donors (Lipinski definition) is 2. The molecule has 1 fully saturated rings. The van der Waals surface area contributed by atoms with E-state index < -0.39 is 0 Å². The molecule has 1 aliphatic heterocycles. The molecular formula is C27H23ClFN3O2S. The number of methoxy groups -OCH3 is 1. The molecule has 178 valence electrons. The van der Waals surface area contributed by atoms with Crippen LogP contribution in [-0.4, -0.2) is 23.1 Å². The van der Waals surface area contributed by atoms with Crippen molar-refractivity contribution in [2.45, 2.75) is 19.0 Å². The van der Waals surface area contributed by atoms with Gasteiger partial charge in [0.25, 0.3) is 5.91 Å². The minimum absolute atomic E-state index is 0.150. The molecule has 1 aromatic heterocycles. The van der Waals surface area contributed by atoms with Crippen molar-refractivity contribution in [2.75, 3.05) is 12.4 Å². The first-order valence-electron chi connectivity index (χ1n) is 11.0. The summed E-state index contributed by atoms with van der Waals surface area (Å²) in [5.41, 5.74) is 4.41. The van der Waals surface area contributed by atoms with Crippen molar-refractivity contribution in [2.24, 2.45) is 0 Å². The minimum atomic E-state index is -0.367. The van der Waals surface area contributed by atoms with Crippen LogP contribution >= 0.6 is 23.4 Å². The Morgan fingerprint density at radius 2 is 1.94 bits per heavy atom. The van der Waals surface area contributed by atoms with Gasteiger partial charge in [0.1, 0.15) is 11.6 Å². The third kappa shape index (κ3) is 4.74. The summed E-state index contributed by atoms with van der Waals surface area (Å²) in [5, 5.41) is 7.88. The van der Waals surface area contributed by atoms with Gasteiger partial charge in [-0.3, -0.25) is 4.79 Å². The zero-order valence-corrected chi connectivity index (χ0v) is 20.7. The Balaban J connectivity index is 1.46. The van der Waals surface area contributed by atoms with Gasteiger partial charge >= 0.3 is 0 Å². The lowest BCUT2D eigenvalue weighted by atomic mass is 10.1. The monoisotopic (exact) mass is 507 g/mol. The molecule has 0 bridgehead atoms. The Bertz CT molecular complexity index is 1450. The number of anilines is 1. The second kappa shape index (κ2) is 9.68.